The van der Waals surface area contributed by atoms with Crippen LogP contribution in [0.15, 0.2) is 48.5 Å². The van der Waals surface area contributed by atoms with E-state index in [9.17, 15) is 19.7 Å². The Bertz CT molecular complexity index is 1390. The molecule has 0 aliphatic rings. The highest BCUT2D eigenvalue weighted by Crippen LogP contribution is 2.38. The Balaban J connectivity index is 1.82. The van der Waals surface area contributed by atoms with E-state index in [0.717, 1.165) is 14.3 Å². The van der Waals surface area contributed by atoms with E-state index < -0.39 is 25.3 Å². The fraction of sp³-hybridized carbons (Fsp3) is 0.346. The van der Waals surface area contributed by atoms with E-state index in [-0.39, 0.29) is 35.8 Å². The predicted octanol–water partition coefficient (Wildman–Crippen LogP) is 7.70. The molecule has 0 bridgehead atoms. The molecular weight excluding hydrogens is 579 g/mol. The summed E-state index contributed by atoms with van der Waals surface area (Å²) >= 11 is 5.20. The molecule has 0 spiro atoms. The molecule has 0 atom stereocenters. The van der Waals surface area contributed by atoms with E-state index in [0.29, 0.717) is 11.5 Å². The van der Waals surface area contributed by atoms with Crippen molar-refractivity contribution in [3.8, 4) is 27.7 Å². The summed E-state index contributed by atoms with van der Waals surface area (Å²) in [5.41, 5.74) is 0.966. The molecule has 0 N–H and O–H groups in total. The largest absolute Gasteiger partial charge is 0.543 e. The van der Waals surface area contributed by atoms with Gasteiger partial charge >= 0.3 is 11.9 Å². The molecule has 0 aliphatic heterocycles. The maximum absolute atomic E-state index is 13.3. The van der Waals surface area contributed by atoms with Crippen LogP contribution in [0.25, 0.3) is 10.4 Å². The Morgan fingerprint density at radius 3 is 2.26 bits per heavy atom. The molecule has 0 saturated carbocycles. The zero-order chi connectivity index (χ0) is 28.8. The summed E-state index contributed by atoms with van der Waals surface area (Å²) in [6, 6.07) is 13.6. The molecule has 13 heteroatoms. The fourth-order valence-corrected chi connectivity index (χ4v) is 6.44. The van der Waals surface area contributed by atoms with Gasteiger partial charge in [0.1, 0.15) is 26.6 Å². The third-order valence-electron chi connectivity index (χ3n) is 6.11. The van der Waals surface area contributed by atoms with Gasteiger partial charge in [-0.1, -0.05) is 53.7 Å². The highest BCUT2D eigenvalue weighted by Gasteiger charge is 2.39. The Morgan fingerprint density at radius 1 is 1.00 bits per heavy atom. The standard InChI is InChI=1S/C26H29NO8S3Si/c1-26(2,3)39(4,5)35-19-12-13-21(34-23(28)7-6-14-32-27(30)31)20(15-19)25(29)33-18-10-8-17(9-11-18)22-16-24(36)38-37-22/h8-13,15-16H,6-7,14H2,1-5H3. The average molecular weight is 608 g/mol. The Kier molecular flexibility index (Phi) is 9.99. The van der Waals surface area contributed by atoms with E-state index in [1.807, 2.05) is 18.2 Å². The topological polar surface area (TPSA) is 114 Å². The number of rotatable bonds is 11. The van der Waals surface area contributed by atoms with Crippen molar-refractivity contribution in [2.75, 3.05) is 6.61 Å². The summed E-state index contributed by atoms with van der Waals surface area (Å²) in [6.07, 6.45) is -0.0575. The lowest BCUT2D eigenvalue weighted by Gasteiger charge is -2.36. The number of ether oxygens (including phenoxy) is 2. The molecule has 0 fully saturated rings. The van der Waals surface area contributed by atoms with E-state index in [4.69, 9.17) is 26.1 Å². The van der Waals surface area contributed by atoms with Crippen LogP contribution in [0.5, 0.6) is 17.2 Å². The van der Waals surface area contributed by atoms with E-state index in [1.54, 1.807) is 28.5 Å². The van der Waals surface area contributed by atoms with Crippen LogP contribution < -0.4 is 13.9 Å². The molecule has 0 radical (unpaired) electrons. The lowest BCUT2D eigenvalue weighted by molar-refractivity contribution is -0.757. The molecule has 0 aliphatic carbocycles. The number of hydrogen-bond donors (Lipinski definition) is 0. The summed E-state index contributed by atoms with van der Waals surface area (Å²) in [4.78, 5) is 41.2. The monoisotopic (exact) mass is 607 g/mol. The van der Waals surface area contributed by atoms with Crippen LogP contribution >= 0.6 is 32.9 Å². The minimum atomic E-state index is -2.23. The molecular formula is C26H29NO8S3Si. The minimum Gasteiger partial charge on any atom is -0.543 e. The maximum atomic E-state index is 13.3. The highest BCUT2D eigenvalue weighted by molar-refractivity contribution is 7.80. The van der Waals surface area contributed by atoms with Gasteiger partial charge in [0, 0.05) is 11.3 Å². The van der Waals surface area contributed by atoms with Crippen LogP contribution in [-0.4, -0.2) is 31.9 Å². The van der Waals surface area contributed by atoms with Gasteiger partial charge in [0.25, 0.3) is 5.09 Å². The number of carbonyl (C=O) groups is 2. The van der Waals surface area contributed by atoms with Gasteiger partial charge < -0.3 is 18.7 Å². The summed E-state index contributed by atoms with van der Waals surface area (Å²) in [5, 5.41) is 9.28. The van der Waals surface area contributed by atoms with Crippen molar-refractivity contribution in [1.29, 1.82) is 0 Å². The Hall–Kier alpha value is -3.13. The zero-order valence-corrected chi connectivity index (χ0v) is 25.6. The molecule has 9 nitrogen and oxygen atoms in total. The van der Waals surface area contributed by atoms with Crippen molar-refractivity contribution in [1.82, 2.24) is 0 Å². The van der Waals surface area contributed by atoms with Crippen LogP contribution in [0.2, 0.25) is 18.1 Å². The van der Waals surface area contributed by atoms with Gasteiger partial charge in [-0.25, -0.2) is 4.79 Å². The SMILES string of the molecule is CC(C)(C)[Si](C)(C)Oc1ccc(OC(=O)CCCO[N+](=O)[O-])c(C(=O)Oc2ccc(-c3cc(=S)ss3)cc2)c1. The van der Waals surface area contributed by atoms with Crippen LogP contribution in [0.4, 0.5) is 0 Å². The van der Waals surface area contributed by atoms with Gasteiger partial charge in [0.15, 0.2) is 0 Å². The van der Waals surface area contributed by atoms with Crippen molar-refractivity contribution in [2.24, 2.45) is 0 Å². The molecule has 208 valence electrons. The van der Waals surface area contributed by atoms with Crippen LogP contribution in [0.3, 0.4) is 0 Å². The lowest BCUT2D eigenvalue weighted by Crippen LogP contribution is -2.43. The molecule has 0 saturated heterocycles. The maximum Gasteiger partial charge on any atom is 0.347 e. The zero-order valence-electron chi connectivity index (χ0n) is 22.2. The number of nitrogens with zero attached hydrogens (tertiary/aromatic N) is 1. The highest BCUT2D eigenvalue weighted by atomic mass is 32.9. The third-order valence-corrected chi connectivity index (χ3v) is 13.4. The van der Waals surface area contributed by atoms with Crippen LogP contribution in [0, 0.1) is 13.9 Å². The first-order valence-electron chi connectivity index (χ1n) is 12.0. The first kappa shape index (κ1) is 30.4. The quantitative estimate of drug-likeness (QED) is 0.0316. The van der Waals surface area contributed by atoms with Crippen molar-refractivity contribution in [2.45, 2.75) is 51.7 Å². The molecule has 0 amide bonds. The van der Waals surface area contributed by atoms with Crippen molar-refractivity contribution >= 4 is 53.2 Å². The van der Waals surface area contributed by atoms with E-state index in [2.05, 4.69) is 38.7 Å². The second kappa shape index (κ2) is 12.8. The first-order valence-corrected chi connectivity index (χ1v) is 17.5. The summed E-state index contributed by atoms with van der Waals surface area (Å²) < 4.78 is 18.2. The van der Waals surface area contributed by atoms with Gasteiger partial charge in [-0.2, -0.15) is 0 Å². The van der Waals surface area contributed by atoms with Gasteiger partial charge in [0.05, 0.1) is 6.61 Å². The van der Waals surface area contributed by atoms with Crippen molar-refractivity contribution in [3.63, 3.8) is 0 Å². The minimum absolute atomic E-state index is 0.00237. The lowest BCUT2D eigenvalue weighted by atomic mass is 10.1. The molecule has 2 aromatic carbocycles. The van der Waals surface area contributed by atoms with Crippen LogP contribution in [-0.2, 0) is 9.63 Å². The second-order valence-electron chi connectivity index (χ2n) is 10.1. The van der Waals surface area contributed by atoms with Crippen molar-refractivity contribution < 1.29 is 33.4 Å². The number of carbonyl (C=O) groups excluding carboxylic acids is 2. The van der Waals surface area contributed by atoms with Gasteiger partial charge in [0.2, 0.25) is 8.32 Å². The number of hydrogen-bond acceptors (Lipinski definition) is 11. The molecule has 1 heterocycles. The Morgan fingerprint density at radius 2 is 1.67 bits per heavy atom. The first-order chi connectivity index (χ1) is 18.2. The predicted molar refractivity (Wildman–Crippen MR) is 156 cm³/mol. The van der Waals surface area contributed by atoms with Gasteiger partial charge in [-0.15, -0.1) is 10.1 Å². The second-order valence-corrected chi connectivity index (χ2v) is 17.7. The Labute approximate surface area is 239 Å². The molecule has 3 aromatic rings. The van der Waals surface area contributed by atoms with E-state index >= 15 is 0 Å². The smallest absolute Gasteiger partial charge is 0.347 e. The summed E-state index contributed by atoms with van der Waals surface area (Å²) in [7, 11) is 0.858. The van der Waals surface area contributed by atoms with Crippen molar-refractivity contribution in [3.05, 3.63) is 68.0 Å². The molecule has 39 heavy (non-hydrogen) atoms. The number of esters is 2. The summed E-state index contributed by atoms with van der Waals surface area (Å²) in [6.45, 7) is 10.2. The molecule has 1 aromatic heterocycles. The summed E-state index contributed by atoms with van der Waals surface area (Å²) in [5.74, 6) is -0.627. The van der Waals surface area contributed by atoms with Gasteiger partial charge in [-0.3, -0.25) is 4.79 Å². The third kappa shape index (κ3) is 8.68. The van der Waals surface area contributed by atoms with E-state index in [1.165, 1.54) is 22.5 Å². The normalized spacial score (nSPS) is 11.5. The fourth-order valence-electron chi connectivity index (χ4n) is 3.02. The average Bonchev–Trinajstić information content (AvgIpc) is 3.28. The molecule has 0 unspecified atom stereocenters. The van der Waals surface area contributed by atoms with Gasteiger partial charge in [-0.05, 0) is 78.6 Å². The van der Waals surface area contributed by atoms with Crippen LogP contribution in [0.1, 0.15) is 44.0 Å². The number of benzene rings is 2. The molecule has 3 rings (SSSR count).